The third-order valence-corrected chi connectivity index (χ3v) is 2.85. The maximum atomic E-state index is 12.2. The maximum Gasteiger partial charge on any atom is 0.574 e. The van der Waals surface area contributed by atoms with Crippen molar-refractivity contribution in [2.75, 3.05) is 7.11 Å². The van der Waals surface area contributed by atoms with Crippen molar-refractivity contribution < 1.29 is 27.4 Å². The first kappa shape index (κ1) is 16.0. The SMILES string of the molecule is COC(=O)Cc1cc(I)c(OC(F)(F)F)nc1CN. The number of carbonyl (C=O) groups is 1. The molecule has 1 aromatic rings. The Balaban J connectivity index is 3.10. The van der Waals surface area contributed by atoms with E-state index in [4.69, 9.17) is 5.73 Å². The van der Waals surface area contributed by atoms with Crippen molar-refractivity contribution in [3.05, 3.63) is 20.9 Å². The number of carbonyl (C=O) groups excluding carboxylic acids is 1. The van der Waals surface area contributed by atoms with Gasteiger partial charge in [-0.25, -0.2) is 4.98 Å². The number of pyridine rings is 1. The maximum absolute atomic E-state index is 12.2. The molecule has 0 aliphatic heterocycles. The molecule has 0 saturated carbocycles. The van der Waals surface area contributed by atoms with Gasteiger partial charge in [0.05, 0.1) is 22.8 Å². The van der Waals surface area contributed by atoms with E-state index in [9.17, 15) is 18.0 Å². The van der Waals surface area contributed by atoms with E-state index in [-0.39, 0.29) is 22.2 Å². The molecule has 106 valence electrons. The number of rotatable bonds is 4. The van der Waals surface area contributed by atoms with Crippen LogP contribution in [0.1, 0.15) is 11.3 Å². The number of esters is 1. The molecule has 0 fully saturated rings. The van der Waals surface area contributed by atoms with Gasteiger partial charge >= 0.3 is 12.3 Å². The smallest absolute Gasteiger partial charge is 0.469 e. The van der Waals surface area contributed by atoms with Crippen molar-refractivity contribution in [3.63, 3.8) is 0 Å². The van der Waals surface area contributed by atoms with Gasteiger partial charge in [0.15, 0.2) is 0 Å². The van der Waals surface area contributed by atoms with Gasteiger partial charge in [-0.3, -0.25) is 4.79 Å². The van der Waals surface area contributed by atoms with Gasteiger partial charge in [-0.1, -0.05) is 0 Å². The van der Waals surface area contributed by atoms with E-state index in [2.05, 4.69) is 14.5 Å². The summed E-state index contributed by atoms with van der Waals surface area (Å²) in [6, 6.07) is 1.37. The lowest BCUT2D eigenvalue weighted by Crippen LogP contribution is -2.20. The average Bonchev–Trinajstić information content (AvgIpc) is 2.30. The van der Waals surface area contributed by atoms with Gasteiger partial charge in [0, 0.05) is 6.54 Å². The van der Waals surface area contributed by atoms with Crippen molar-refractivity contribution in [2.45, 2.75) is 19.3 Å². The van der Waals surface area contributed by atoms with Crippen LogP contribution in [-0.2, 0) is 22.5 Å². The molecule has 1 aromatic heterocycles. The molecule has 0 aromatic carbocycles. The number of methoxy groups -OCH3 is 1. The fourth-order valence-corrected chi connectivity index (χ4v) is 1.89. The minimum absolute atomic E-state index is 0.113. The molecule has 5 nitrogen and oxygen atoms in total. The molecular formula is C10H10F3IN2O3. The van der Waals surface area contributed by atoms with Gasteiger partial charge in [-0.2, -0.15) is 0 Å². The zero-order valence-electron chi connectivity index (χ0n) is 9.75. The molecule has 0 bridgehead atoms. The summed E-state index contributed by atoms with van der Waals surface area (Å²) in [6.45, 7) is -0.114. The topological polar surface area (TPSA) is 74.4 Å². The molecule has 0 unspecified atom stereocenters. The Labute approximate surface area is 120 Å². The molecule has 0 aliphatic rings. The molecular weight excluding hydrogens is 380 g/mol. The number of halogens is 4. The Kier molecular flexibility index (Phi) is 5.35. The average molecular weight is 390 g/mol. The second-order valence-corrected chi connectivity index (χ2v) is 4.55. The Hall–Kier alpha value is -1.10. The highest BCUT2D eigenvalue weighted by atomic mass is 127. The van der Waals surface area contributed by atoms with E-state index >= 15 is 0 Å². The molecule has 1 rings (SSSR count). The third-order valence-electron chi connectivity index (χ3n) is 2.08. The van der Waals surface area contributed by atoms with Crippen molar-refractivity contribution >= 4 is 28.6 Å². The fraction of sp³-hybridized carbons (Fsp3) is 0.400. The first-order chi connectivity index (χ1) is 8.76. The molecule has 0 aliphatic carbocycles. The van der Waals surface area contributed by atoms with Crippen LogP contribution in [0.25, 0.3) is 0 Å². The van der Waals surface area contributed by atoms with Crippen molar-refractivity contribution in [2.24, 2.45) is 5.73 Å². The van der Waals surface area contributed by atoms with Crippen molar-refractivity contribution in [3.8, 4) is 5.88 Å². The Bertz CT molecular complexity index is 480. The second-order valence-electron chi connectivity index (χ2n) is 3.39. The molecule has 9 heteroatoms. The summed E-state index contributed by atoms with van der Waals surface area (Å²) in [5.74, 6) is -1.11. The molecule has 0 saturated heterocycles. The van der Waals surface area contributed by atoms with E-state index in [0.29, 0.717) is 5.56 Å². The van der Waals surface area contributed by atoms with Gasteiger partial charge in [0.2, 0.25) is 5.88 Å². The quantitative estimate of drug-likeness (QED) is 0.627. The minimum atomic E-state index is -4.83. The number of ether oxygens (including phenoxy) is 2. The molecule has 0 spiro atoms. The summed E-state index contributed by atoms with van der Waals surface area (Å²) in [5.41, 5.74) is 5.96. The lowest BCUT2D eigenvalue weighted by atomic mass is 10.1. The molecule has 1 heterocycles. The summed E-state index contributed by atoms with van der Waals surface area (Å²) in [4.78, 5) is 14.9. The zero-order chi connectivity index (χ0) is 14.6. The third kappa shape index (κ3) is 4.82. The van der Waals surface area contributed by atoms with Gasteiger partial charge in [0.25, 0.3) is 0 Å². The van der Waals surface area contributed by atoms with Crippen LogP contribution in [0.15, 0.2) is 6.07 Å². The highest BCUT2D eigenvalue weighted by Gasteiger charge is 2.33. The van der Waals surface area contributed by atoms with Gasteiger partial charge in [-0.15, -0.1) is 13.2 Å². The highest BCUT2D eigenvalue weighted by Crippen LogP contribution is 2.27. The molecule has 0 amide bonds. The van der Waals surface area contributed by atoms with Gasteiger partial charge in [-0.05, 0) is 34.2 Å². The van der Waals surface area contributed by atoms with Crippen LogP contribution in [0.3, 0.4) is 0 Å². The number of nitrogens with two attached hydrogens (primary N) is 1. The van der Waals surface area contributed by atoms with Crippen LogP contribution in [0.2, 0.25) is 0 Å². The standard InChI is InChI=1S/C10H10F3IN2O3/c1-18-8(17)3-5-2-6(14)9(16-7(5)4-15)19-10(11,12)13/h2H,3-4,15H2,1H3. The van der Waals surface area contributed by atoms with Gasteiger partial charge < -0.3 is 15.2 Å². The number of alkyl halides is 3. The highest BCUT2D eigenvalue weighted by molar-refractivity contribution is 14.1. The second kappa shape index (κ2) is 6.37. The number of hydrogen-bond acceptors (Lipinski definition) is 5. The molecule has 19 heavy (non-hydrogen) atoms. The summed E-state index contributed by atoms with van der Waals surface area (Å²) in [7, 11) is 1.21. The summed E-state index contributed by atoms with van der Waals surface area (Å²) in [6.07, 6.45) is -4.94. The van der Waals surface area contributed by atoms with E-state index in [1.54, 1.807) is 22.6 Å². The fourth-order valence-electron chi connectivity index (χ4n) is 1.28. The van der Waals surface area contributed by atoms with E-state index < -0.39 is 18.2 Å². The van der Waals surface area contributed by atoms with E-state index in [0.717, 1.165) is 0 Å². The van der Waals surface area contributed by atoms with E-state index in [1.807, 2.05) is 0 Å². The summed E-state index contributed by atoms with van der Waals surface area (Å²) < 4.78 is 44.8. The molecule has 0 radical (unpaired) electrons. The van der Waals surface area contributed by atoms with E-state index in [1.165, 1.54) is 13.2 Å². The largest absolute Gasteiger partial charge is 0.574 e. The van der Waals surface area contributed by atoms with Crippen LogP contribution in [-0.4, -0.2) is 24.4 Å². The Morgan fingerprint density at radius 3 is 2.63 bits per heavy atom. The van der Waals surface area contributed by atoms with Crippen LogP contribution < -0.4 is 10.5 Å². The number of nitrogens with zero attached hydrogens (tertiary/aromatic N) is 1. The summed E-state index contributed by atoms with van der Waals surface area (Å²) >= 11 is 1.64. The normalized spacial score (nSPS) is 11.3. The minimum Gasteiger partial charge on any atom is -0.469 e. The first-order valence-corrected chi connectivity index (χ1v) is 6.05. The number of hydrogen-bond donors (Lipinski definition) is 1. The zero-order valence-corrected chi connectivity index (χ0v) is 11.9. The summed E-state index contributed by atoms with van der Waals surface area (Å²) in [5, 5.41) is 0. The predicted molar refractivity (Wildman–Crippen MR) is 67.2 cm³/mol. The predicted octanol–water partition coefficient (Wildman–Crippen LogP) is 1.76. The Morgan fingerprint density at radius 1 is 1.53 bits per heavy atom. The van der Waals surface area contributed by atoms with Crippen LogP contribution >= 0.6 is 22.6 Å². The molecule has 2 N–H and O–H groups in total. The van der Waals surface area contributed by atoms with Crippen LogP contribution in [0.5, 0.6) is 5.88 Å². The Morgan fingerprint density at radius 2 is 2.16 bits per heavy atom. The monoisotopic (exact) mass is 390 g/mol. The van der Waals surface area contributed by atoms with Gasteiger partial charge in [0.1, 0.15) is 0 Å². The first-order valence-electron chi connectivity index (χ1n) is 4.97. The lowest BCUT2D eigenvalue weighted by Gasteiger charge is -2.13. The van der Waals surface area contributed by atoms with Crippen molar-refractivity contribution in [1.29, 1.82) is 0 Å². The lowest BCUT2D eigenvalue weighted by molar-refractivity contribution is -0.276. The van der Waals surface area contributed by atoms with Crippen molar-refractivity contribution in [1.82, 2.24) is 4.98 Å². The number of aromatic nitrogens is 1. The van der Waals surface area contributed by atoms with Crippen LogP contribution in [0, 0.1) is 3.57 Å². The molecule has 0 atom stereocenters. The van der Waals surface area contributed by atoms with Crippen LogP contribution in [0.4, 0.5) is 13.2 Å².